The summed E-state index contributed by atoms with van der Waals surface area (Å²) >= 11 is 0. The first-order valence-corrected chi connectivity index (χ1v) is 5.81. The molecule has 2 aromatic rings. The average Bonchev–Trinajstić information content (AvgIpc) is 2.38. The summed E-state index contributed by atoms with van der Waals surface area (Å²) < 4.78 is 5.76. The number of rotatable bonds is 1. The van der Waals surface area contributed by atoms with Crippen LogP contribution in [0.2, 0.25) is 0 Å². The van der Waals surface area contributed by atoms with Crippen molar-refractivity contribution in [2.45, 2.75) is 18.6 Å². The van der Waals surface area contributed by atoms with Crippen LogP contribution in [0.3, 0.4) is 0 Å². The molecule has 1 aromatic heterocycles. The summed E-state index contributed by atoms with van der Waals surface area (Å²) in [5.41, 5.74) is 1.53. The van der Waals surface area contributed by atoms with E-state index in [9.17, 15) is 10.2 Å². The third-order valence-corrected chi connectivity index (χ3v) is 3.05. The number of pyridine rings is 1. The number of hydrogen-bond acceptors (Lipinski definition) is 4. The van der Waals surface area contributed by atoms with E-state index in [1.54, 1.807) is 30.5 Å². The zero-order chi connectivity index (χ0) is 12.5. The van der Waals surface area contributed by atoms with Crippen molar-refractivity contribution in [1.82, 2.24) is 4.98 Å². The Bertz CT molecular complexity index is 570. The van der Waals surface area contributed by atoms with E-state index in [0.717, 1.165) is 11.3 Å². The molecule has 4 heteroatoms. The molecule has 1 aliphatic heterocycles. The number of ether oxygens (including phenoxy) is 1. The summed E-state index contributed by atoms with van der Waals surface area (Å²) in [5, 5.41) is 19.6. The lowest BCUT2D eigenvalue weighted by Gasteiger charge is -2.30. The standard InChI is InChI=1S/C14H13NO3/c16-10-4-1-3-9(7-10)14-12(17)8-11-13(18-14)5-2-6-15-11/h1-7,12,14,16-17H,8H2/t12-,14-/m1/s1. The van der Waals surface area contributed by atoms with Gasteiger partial charge < -0.3 is 14.9 Å². The van der Waals surface area contributed by atoms with Gasteiger partial charge in [-0.2, -0.15) is 0 Å². The third kappa shape index (κ3) is 1.91. The van der Waals surface area contributed by atoms with Crippen LogP contribution in [0, 0.1) is 0 Å². The smallest absolute Gasteiger partial charge is 0.150 e. The van der Waals surface area contributed by atoms with Crippen LogP contribution in [0.25, 0.3) is 0 Å². The Morgan fingerprint density at radius 2 is 2.11 bits per heavy atom. The van der Waals surface area contributed by atoms with E-state index in [-0.39, 0.29) is 5.75 Å². The highest BCUT2D eigenvalue weighted by molar-refractivity contribution is 5.35. The van der Waals surface area contributed by atoms with E-state index in [1.165, 1.54) is 0 Å². The van der Waals surface area contributed by atoms with Gasteiger partial charge in [-0.05, 0) is 29.8 Å². The molecule has 0 amide bonds. The van der Waals surface area contributed by atoms with Gasteiger partial charge in [-0.25, -0.2) is 0 Å². The van der Waals surface area contributed by atoms with Crippen molar-refractivity contribution < 1.29 is 14.9 Å². The molecular formula is C14H13NO3. The number of aromatic nitrogens is 1. The molecule has 3 rings (SSSR count). The summed E-state index contributed by atoms with van der Waals surface area (Å²) in [5.74, 6) is 0.858. The molecule has 2 atom stereocenters. The van der Waals surface area contributed by atoms with Crippen LogP contribution in [0.5, 0.6) is 11.5 Å². The van der Waals surface area contributed by atoms with Crippen LogP contribution in [-0.4, -0.2) is 21.3 Å². The Kier molecular flexibility index (Phi) is 2.64. The van der Waals surface area contributed by atoms with Gasteiger partial charge in [0.2, 0.25) is 0 Å². The molecule has 0 bridgehead atoms. The van der Waals surface area contributed by atoms with E-state index >= 15 is 0 Å². The Morgan fingerprint density at radius 3 is 2.94 bits per heavy atom. The number of phenols is 1. The summed E-state index contributed by atoms with van der Waals surface area (Å²) in [7, 11) is 0. The first-order chi connectivity index (χ1) is 8.74. The van der Waals surface area contributed by atoms with Gasteiger partial charge in [0, 0.05) is 12.6 Å². The van der Waals surface area contributed by atoms with E-state index < -0.39 is 12.2 Å². The van der Waals surface area contributed by atoms with Crippen molar-refractivity contribution in [1.29, 1.82) is 0 Å². The first kappa shape index (κ1) is 11.0. The molecule has 2 N–H and O–H groups in total. The van der Waals surface area contributed by atoms with Gasteiger partial charge in [0.1, 0.15) is 17.6 Å². The van der Waals surface area contributed by atoms with E-state index in [1.807, 2.05) is 12.1 Å². The number of benzene rings is 1. The molecule has 1 aliphatic rings. The van der Waals surface area contributed by atoms with Gasteiger partial charge >= 0.3 is 0 Å². The number of fused-ring (bicyclic) bond motifs is 1. The molecule has 0 saturated heterocycles. The van der Waals surface area contributed by atoms with E-state index in [2.05, 4.69) is 4.98 Å². The van der Waals surface area contributed by atoms with Gasteiger partial charge in [-0.1, -0.05) is 12.1 Å². The number of aromatic hydroxyl groups is 1. The van der Waals surface area contributed by atoms with Gasteiger partial charge in [-0.15, -0.1) is 0 Å². The Balaban J connectivity index is 1.96. The Morgan fingerprint density at radius 1 is 1.22 bits per heavy atom. The lowest BCUT2D eigenvalue weighted by Crippen LogP contribution is -2.30. The quantitative estimate of drug-likeness (QED) is 0.802. The number of nitrogens with zero attached hydrogens (tertiary/aromatic N) is 1. The number of aliphatic hydroxyl groups is 1. The average molecular weight is 243 g/mol. The maximum absolute atomic E-state index is 10.1. The molecule has 0 spiro atoms. The minimum absolute atomic E-state index is 0.167. The lowest BCUT2D eigenvalue weighted by atomic mass is 9.97. The maximum atomic E-state index is 10.1. The number of aliphatic hydroxyl groups excluding tert-OH is 1. The highest BCUT2D eigenvalue weighted by Gasteiger charge is 2.30. The van der Waals surface area contributed by atoms with Crippen molar-refractivity contribution >= 4 is 0 Å². The molecule has 4 nitrogen and oxygen atoms in total. The molecule has 0 saturated carbocycles. The molecule has 1 aromatic carbocycles. The summed E-state index contributed by atoms with van der Waals surface area (Å²) in [4.78, 5) is 4.18. The second-order valence-corrected chi connectivity index (χ2v) is 4.35. The topological polar surface area (TPSA) is 62.6 Å². The predicted octanol–water partition coefficient (Wildman–Crippen LogP) is 1.82. The van der Waals surface area contributed by atoms with Crippen molar-refractivity contribution in [3.05, 3.63) is 53.9 Å². The Labute approximate surface area is 104 Å². The SMILES string of the molecule is Oc1cccc([C@H]2Oc3cccnc3C[C@H]2O)c1. The van der Waals surface area contributed by atoms with Crippen LogP contribution in [0.1, 0.15) is 17.4 Å². The van der Waals surface area contributed by atoms with Crippen LogP contribution in [0.15, 0.2) is 42.6 Å². The molecule has 0 radical (unpaired) electrons. The number of phenolic OH excluding ortho intramolecular Hbond substituents is 1. The molecule has 18 heavy (non-hydrogen) atoms. The highest BCUT2D eigenvalue weighted by Crippen LogP contribution is 2.34. The van der Waals surface area contributed by atoms with Crippen molar-refractivity contribution in [2.24, 2.45) is 0 Å². The van der Waals surface area contributed by atoms with Crippen molar-refractivity contribution in [3.63, 3.8) is 0 Å². The lowest BCUT2D eigenvalue weighted by molar-refractivity contribution is 0.0192. The molecule has 0 fully saturated rings. The summed E-state index contributed by atoms with van der Waals surface area (Å²) in [6.45, 7) is 0. The largest absolute Gasteiger partial charge is 0.508 e. The van der Waals surface area contributed by atoms with Gasteiger partial charge in [-0.3, -0.25) is 4.98 Å². The fraction of sp³-hybridized carbons (Fsp3) is 0.214. The minimum atomic E-state index is -0.658. The molecular weight excluding hydrogens is 230 g/mol. The van der Waals surface area contributed by atoms with Gasteiger partial charge in [0.05, 0.1) is 5.69 Å². The molecule has 92 valence electrons. The highest BCUT2D eigenvalue weighted by atomic mass is 16.5. The molecule has 2 heterocycles. The summed E-state index contributed by atoms with van der Waals surface area (Å²) in [6.07, 6.45) is 1.02. The predicted molar refractivity (Wildman–Crippen MR) is 65.4 cm³/mol. The monoisotopic (exact) mass is 243 g/mol. The number of hydrogen-bond donors (Lipinski definition) is 2. The third-order valence-electron chi connectivity index (χ3n) is 3.05. The van der Waals surface area contributed by atoms with Crippen LogP contribution < -0.4 is 4.74 Å². The first-order valence-electron chi connectivity index (χ1n) is 5.81. The normalized spacial score (nSPS) is 22.1. The minimum Gasteiger partial charge on any atom is -0.508 e. The zero-order valence-corrected chi connectivity index (χ0v) is 9.65. The maximum Gasteiger partial charge on any atom is 0.150 e. The van der Waals surface area contributed by atoms with E-state index in [0.29, 0.717) is 12.2 Å². The van der Waals surface area contributed by atoms with Gasteiger partial charge in [0.25, 0.3) is 0 Å². The molecule has 0 aliphatic carbocycles. The van der Waals surface area contributed by atoms with Crippen molar-refractivity contribution in [3.8, 4) is 11.5 Å². The summed E-state index contributed by atoms with van der Waals surface area (Å²) in [6, 6.07) is 10.4. The zero-order valence-electron chi connectivity index (χ0n) is 9.65. The fourth-order valence-corrected chi connectivity index (χ4v) is 2.20. The fourth-order valence-electron chi connectivity index (χ4n) is 2.20. The van der Waals surface area contributed by atoms with Gasteiger partial charge in [0.15, 0.2) is 6.10 Å². The van der Waals surface area contributed by atoms with Crippen molar-refractivity contribution in [2.75, 3.05) is 0 Å². The second kappa shape index (κ2) is 4.31. The van der Waals surface area contributed by atoms with Crippen LogP contribution in [0.4, 0.5) is 0 Å². The molecule has 0 unspecified atom stereocenters. The Hall–Kier alpha value is -2.07. The van der Waals surface area contributed by atoms with Crippen LogP contribution in [-0.2, 0) is 6.42 Å². The van der Waals surface area contributed by atoms with E-state index in [4.69, 9.17) is 4.74 Å². The van der Waals surface area contributed by atoms with Crippen LogP contribution >= 0.6 is 0 Å². The second-order valence-electron chi connectivity index (χ2n) is 4.35.